The van der Waals surface area contributed by atoms with Gasteiger partial charge in [-0.2, -0.15) is 0 Å². The lowest BCUT2D eigenvalue weighted by Crippen LogP contribution is -2.03. The second kappa shape index (κ2) is 3.55. The number of nitrogens with zero attached hydrogens (tertiary/aromatic N) is 2. The third kappa shape index (κ3) is 1.47. The molecule has 0 aliphatic heterocycles. The molecular formula is C10H9ClN2O2. The van der Waals surface area contributed by atoms with Gasteiger partial charge in [0.25, 0.3) is 0 Å². The van der Waals surface area contributed by atoms with Crippen molar-refractivity contribution in [2.24, 2.45) is 7.05 Å². The van der Waals surface area contributed by atoms with Gasteiger partial charge in [-0.1, -0.05) is 11.6 Å². The van der Waals surface area contributed by atoms with E-state index in [1.807, 2.05) is 17.8 Å². The molecule has 0 bridgehead atoms. The predicted molar refractivity (Wildman–Crippen MR) is 57.1 cm³/mol. The number of fused-ring (bicyclic) bond motifs is 1. The zero-order chi connectivity index (χ0) is 11.0. The predicted octanol–water partition coefficient (Wildman–Crippen LogP) is 2.01. The van der Waals surface area contributed by atoms with E-state index in [9.17, 15) is 4.79 Å². The van der Waals surface area contributed by atoms with Crippen LogP contribution >= 0.6 is 11.6 Å². The topological polar surface area (TPSA) is 44.1 Å². The first-order valence-electron chi connectivity index (χ1n) is 4.33. The van der Waals surface area contributed by atoms with Crippen LogP contribution in [0, 0.1) is 0 Å². The van der Waals surface area contributed by atoms with Gasteiger partial charge in [0, 0.05) is 24.8 Å². The second-order valence-electron chi connectivity index (χ2n) is 3.14. The quantitative estimate of drug-likeness (QED) is 0.696. The van der Waals surface area contributed by atoms with E-state index in [1.165, 1.54) is 13.3 Å². The summed E-state index contributed by atoms with van der Waals surface area (Å²) in [6, 6.07) is 1.79. The van der Waals surface area contributed by atoms with Gasteiger partial charge < -0.3 is 9.30 Å². The summed E-state index contributed by atoms with van der Waals surface area (Å²) in [5.74, 6) is -0.446. The van der Waals surface area contributed by atoms with Crippen molar-refractivity contribution in [1.82, 2.24) is 9.55 Å². The van der Waals surface area contributed by atoms with E-state index in [1.54, 1.807) is 6.07 Å². The molecule has 0 saturated heterocycles. The average molecular weight is 225 g/mol. The Bertz CT molecular complexity index is 533. The Morgan fingerprint density at radius 3 is 3.00 bits per heavy atom. The number of carbonyl (C=O) groups is 1. The molecule has 0 unspecified atom stereocenters. The molecule has 0 aliphatic carbocycles. The number of methoxy groups -OCH3 is 1. The Morgan fingerprint density at radius 1 is 1.60 bits per heavy atom. The van der Waals surface area contributed by atoms with E-state index in [2.05, 4.69) is 9.72 Å². The van der Waals surface area contributed by atoms with Crippen molar-refractivity contribution in [2.45, 2.75) is 0 Å². The molecule has 0 radical (unpaired) electrons. The number of pyridine rings is 1. The van der Waals surface area contributed by atoms with Gasteiger partial charge in [-0.15, -0.1) is 0 Å². The lowest BCUT2D eigenvalue weighted by Gasteiger charge is -2.03. The molecule has 0 aliphatic rings. The SMILES string of the molecule is COC(=O)c1c(Cl)cnc2c1ccn2C. The van der Waals surface area contributed by atoms with E-state index in [0.717, 1.165) is 0 Å². The summed E-state index contributed by atoms with van der Waals surface area (Å²) >= 11 is 5.91. The Labute approximate surface area is 91.4 Å². The number of halogens is 1. The third-order valence-electron chi connectivity index (χ3n) is 2.24. The number of ether oxygens (including phenoxy) is 1. The van der Waals surface area contributed by atoms with E-state index in [0.29, 0.717) is 21.6 Å². The highest BCUT2D eigenvalue weighted by Gasteiger charge is 2.17. The van der Waals surface area contributed by atoms with Crippen LogP contribution in [0.3, 0.4) is 0 Å². The number of hydrogen-bond donors (Lipinski definition) is 0. The van der Waals surface area contributed by atoms with Crippen molar-refractivity contribution in [1.29, 1.82) is 0 Å². The van der Waals surface area contributed by atoms with Gasteiger partial charge in [-0.05, 0) is 6.07 Å². The zero-order valence-corrected chi connectivity index (χ0v) is 9.08. The van der Waals surface area contributed by atoms with Crippen molar-refractivity contribution in [3.63, 3.8) is 0 Å². The van der Waals surface area contributed by atoms with E-state index >= 15 is 0 Å². The molecule has 0 saturated carbocycles. The number of esters is 1. The van der Waals surface area contributed by atoms with Gasteiger partial charge in [0.2, 0.25) is 0 Å². The van der Waals surface area contributed by atoms with Crippen LogP contribution in [0.15, 0.2) is 18.5 Å². The molecule has 2 rings (SSSR count). The van der Waals surface area contributed by atoms with Crippen LogP contribution in [0.5, 0.6) is 0 Å². The molecule has 2 aromatic rings. The van der Waals surface area contributed by atoms with Crippen LogP contribution in [0.4, 0.5) is 0 Å². The summed E-state index contributed by atoms with van der Waals surface area (Å²) in [5.41, 5.74) is 1.07. The molecule has 5 heteroatoms. The molecule has 0 amide bonds. The van der Waals surface area contributed by atoms with E-state index < -0.39 is 5.97 Å². The van der Waals surface area contributed by atoms with Crippen LogP contribution in [0.2, 0.25) is 5.02 Å². The average Bonchev–Trinajstić information content (AvgIpc) is 2.59. The lowest BCUT2D eigenvalue weighted by molar-refractivity contribution is 0.0603. The first-order chi connectivity index (χ1) is 7.15. The van der Waals surface area contributed by atoms with Crippen LogP contribution in [0.25, 0.3) is 11.0 Å². The fourth-order valence-corrected chi connectivity index (χ4v) is 1.73. The minimum atomic E-state index is -0.446. The number of carbonyl (C=O) groups excluding carboxylic acids is 1. The van der Waals surface area contributed by atoms with E-state index in [4.69, 9.17) is 11.6 Å². The summed E-state index contributed by atoms with van der Waals surface area (Å²) in [6.07, 6.45) is 3.27. The first kappa shape index (κ1) is 9.98. The Morgan fingerprint density at radius 2 is 2.33 bits per heavy atom. The Kier molecular flexibility index (Phi) is 2.36. The van der Waals surface area contributed by atoms with Gasteiger partial charge >= 0.3 is 5.97 Å². The highest BCUT2D eigenvalue weighted by atomic mass is 35.5. The van der Waals surface area contributed by atoms with E-state index in [-0.39, 0.29) is 0 Å². The normalized spacial score (nSPS) is 10.6. The molecule has 78 valence electrons. The highest BCUT2D eigenvalue weighted by Crippen LogP contribution is 2.25. The van der Waals surface area contributed by atoms with Gasteiger partial charge in [-0.3, -0.25) is 0 Å². The monoisotopic (exact) mass is 224 g/mol. The number of aromatic nitrogens is 2. The van der Waals surface area contributed by atoms with Crippen LogP contribution in [-0.2, 0) is 11.8 Å². The first-order valence-corrected chi connectivity index (χ1v) is 4.70. The summed E-state index contributed by atoms with van der Waals surface area (Å²) < 4.78 is 6.49. The number of hydrogen-bond acceptors (Lipinski definition) is 3. The molecule has 15 heavy (non-hydrogen) atoms. The molecular weight excluding hydrogens is 216 g/mol. The molecule has 0 aromatic carbocycles. The molecule has 2 heterocycles. The van der Waals surface area contributed by atoms with Crippen molar-refractivity contribution in [3.05, 3.63) is 29.0 Å². The third-order valence-corrected chi connectivity index (χ3v) is 2.52. The van der Waals surface area contributed by atoms with Crippen LogP contribution in [0.1, 0.15) is 10.4 Å². The zero-order valence-electron chi connectivity index (χ0n) is 8.32. The minimum absolute atomic E-state index is 0.306. The van der Waals surface area contributed by atoms with Gasteiger partial charge in [0.15, 0.2) is 0 Å². The van der Waals surface area contributed by atoms with Gasteiger partial charge in [-0.25, -0.2) is 9.78 Å². The lowest BCUT2D eigenvalue weighted by atomic mass is 10.2. The smallest absolute Gasteiger partial charge is 0.340 e. The van der Waals surface area contributed by atoms with Crippen molar-refractivity contribution >= 4 is 28.6 Å². The summed E-state index contributed by atoms with van der Waals surface area (Å²) in [4.78, 5) is 15.7. The summed E-state index contributed by atoms with van der Waals surface area (Å²) in [5, 5.41) is 1.01. The van der Waals surface area contributed by atoms with Crippen LogP contribution < -0.4 is 0 Å². The Hall–Kier alpha value is -1.55. The standard InChI is InChI=1S/C10H9ClN2O2/c1-13-4-3-6-8(10(14)15-2)7(11)5-12-9(6)13/h3-5H,1-2H3. The molecule has 0 atom stereocenters. The molecule has 0 N–H and O–H groups in total. The van der Waals surface area contributed by atoms with Crippen molar-refractivity contribution in [2.75, 3.05) is 7.11 Å². The highest BCUT2D eigenvalue weighted by molar-refractivity contribution is 6.35. The number of aryl methyl sites for hydroxylation is 1. The van der Waals surface area contributed by atoms with Crippen molar-refractivity contribution in [3.8, 4) is 0 Å². The minimum Gasteiger partial charge on any atom is -0.465 e. The molecule has 2 aromatic heterocycles. The maximum absolute atomic E-state index is 11.5. The number of rotatable bonds is 1. The molecule has 4 nitrogen and oxygen atoms in total. The maximum atomic E-state index is 11.5. The van der Waals surface area contributed by atoms with Crippen LogP contribution in [-0.4, -0.2) is 22.6 Å². The molecule has 0 spiro atoms. The molecule has 0 fully saturated rings. The van der Waals surface area contributed by atoms with Crippen molar-refractivity contribution < 1.29 is 9.53 Å². The summed E-state index contributed by atoms with van der Waals surface area (Å²) in [6.45, 7) is 0. The fourth-order valence-electron chi connectivity index (χ4n) is 1.50. The largest absolute Gasteiger partial charge is 0.465 e. The second-order valence-corrected chi connectivity index (χ2v) is 3.54. The Balaban J connectivity index is 2.80. The fraction of sp³-hybridized carbons (Fsp3) is 0.200. The van der Waals surface area contributed by atoms with Gasteiger partial charge in [0.1, 0.15) is 5.65 Å². The maximum Gasteiger partial charge on any atom is 0.340 e. The summed E-state index contributed by atoms with van der Waals surface area (Å²) in [7, 11) is 3.18. The van der Waals surface area contributed by atoms with Gasteiger partial charge in [0.05, 0.1) is 17.7 Å².